The van der Waals surface area contributed by atoms with Crippen LogP contribution in [0.15, 0.2) is 6.07 Å². The van der Waals surface area contributed by atoms with Gasteiger partial charge in [-0.3, -0.25) is 0 Å². The van der Waals surface area contributed by atoms with E-state index in [1.54, 1.807) is 5.56 Å². The summed E-state index contributed by atoms with van der Waals surface area (Å²) in [6, 6.07) is 2.45. The minimum atomic E-state index is 0.265. The smallest absolute Gasteiger partial charge is 0.0200 e. The van der Waals surface area contributed by atoms with Gasteiger partial charge in [0.05, 0.1) is 0 Å². The molecule has 3 heteroatoms. The molecule has 3 heterocycles. The molecule has 0 bridgehead atoms. The average Bonchev–Trinajstić information content (AvgIpc) is 2.93. The predicted molar refractivity (Wildman–Crippen MR) is 75.2 cm³/mol. The molecular formula is C15H25N3. The van der Waals surface area contributed by atoms with E-state index in [1.165, 1.54) is 30.9 Å². The fourth-order valence-electron chi connectivity index (χ4n) is 3.60. The number of nitrogens with one attached hydrogen (secondary N) is 2. The monoisotopic (exact) mass is 247 g/mol. The summed E-state index contributed by atoms with van der Waals surface area (Å²) in [7, 11) is 2.23. The van der Waals surface area contributed by atoms with Crippen LogP contribution in [0.25, 0.3) is 0 Å². The number of hydrogen-bond donors (Lipinski definition) is 2. The van der Waals surface area contributed by atoms with Gasteiger partial charge in [-0.1, -0.05) is 13.8 Å². The van der Waals surface area contributed by atoms with E-state index in [0.717, 1.165) is 19.5 Å². The minimum absolute atomic E-state index is 0.265. The van der Waals surface area contributed by atoms with Crippen molar-refractivity contribution in [3.8, 4) is 0 Å². The van der Waals surface area contributed by atoms with Crippen LogP contribution < -0.4 is 5.32 Å². The molecule has 0 aliphatic carbocycles. The fourth-order valence-corrected chi connectivity index (χ4v) is 3.60. The first-order valence-corrected chi connectivity index (χ1v) is 7.18. The molecule has 1 saturated heterocycles. The van der Waals surface area contributed by atoms with Gasteiger partial charge in [-0.05, 0) is 31.6 Å². The number of aromatic amines is 1. The molecule has 1 atom stereocenters. The number of likely N-dealkylation sites (N-methyl/N-ethyl adjacent to an activating group) is 1. The predicted octanol–water partition coefficient (Wildman–Crippen LogP) is 1.86. The normalized spacial score (nSPS) is 28.1. The lowest BCUT2D eigenvalue weighted by Crippen LogP contribution is -2.32. The van der Waals surface area contributed by atoms with Gasteiger partial charge in [0.1, 0.15) is 0 Å². The molecule has 2 aliphatic heterocycles. The van der Waals surface area contributed by atoms with E-state index in [2.05, 4.69) is 42.2 Å². The highest BCUT2D eigenvalue weighted by molar-refractivity contribution is 5.36. The summed E-state index contributed by atoms with van der Waals surface area (Å²) in [4.78, 5) is 6.17. The molecule has 3 nitrogen and oxygen atoms in total. The van der Waals surface area contributed by atoms with Gasteiger partial charge >= 0.3 is 0 Å². The standard InChI is InChI=1S/C15H25N3/c1-15(2)10-18(3)7-5-13-12(15)8-14(17-13)11-4-6-16-9-11/h8,11,16-17H,4-7,9-10H2,1-3H3. The molecule has 0 aromatic carbocycles. The quantitative estimate of drug-likeness (QED) is 0.793. The number of nitrogens with zero attached hydrogens (tertiary/aromatic N) is 1. The topological polar surface area (TPSA) is 31.1 Å². The molecule has 2 aliphatic rings. The first-order chi connectivity index (χ1) is 8.56. The Hall–Kier alpha value is -0.800. The van der Waals surface area contributed by atoms with Crippen LogP contribution in [0.5, 0.6) is 0 Å². The first-order valence-electron chi connectivity index (χ1n) is 7.18. The van der Waals surface area contributed by atoms with Crippen molar-refractivity contribution >= 4 is 0 Å². The van der Waals surface area contributed by atoms with Gasteiger partial charge in [0, 0.05) is 48.8 Å². The highest BCUT2D eigenvalue weighted by atomic mass is 15.1. The van der Waals surface area contributed by atoms with E-state index < -0.39 is 0 Å². The van der Waals surface area contributed by atoms with E-state index in [-0.39, 0.29) is 5.41 Å². The van der Waals surface area contributed by atoms with Crippen LogP contribution in [0.4, 0.5) is 0 Å². The van der Waals surface area contributed by atoms with Gasteiger partial charge in [-0.25, -0.2) is 0 Å². The Morgan fingerprint density at radius 1 is 1.39 bits per heavy atom. The lowest BCUT2D eigenvalue weighted by Gasteiger charge is -2.27. The van der Waals surface area contributed by atoms with Gasteiger partial charge in [0.2, 0.25) is 0 Å². The molecule has 18 heavy (non-hydrogen) atoms. The molecule has 0 saturated carbocycles. The largest absolute Gasteiger partial charge is 0.362 e. The second-order valence-corrected chi connectivity index (χ2v) is 6.68. The minimum Gasteiger partial charge on any atom is -0.362 e. The van der Waals surface area contributed by atoms with Gasteiger partial charge in [0.25, 0.3) is 0 Å². The summed E-state index contributed by atoms with van der Waals surface area (Å²) < 4.78 is 0. The second-order valence-electron chi connectivity index (χ2n) is 6.68. The Balaban J connectivity index is 1.94. The SMILES string of the molecule is CN1CCc2[nH]c(C3CCNC3)cc2C(C)(C)C1. The molecule has 100 valence electrons. The van der Waals surface area contributed by atoms with Crippen LogP contribution in [0.3, 0.4) is 0 Å². The van der Waals surface area contributed by atoms with Gasteiger partial charge in [-0.2, -0.15) is 0 Å². The molecule has 1 unspecified atom stereocenters. The summed E-state index contributed by atoms with van der Waals surface area (Å²) in [5.41, 5.74) is 4.75. The molecule has 1 aromatic heterocycles. The molecule has 2 N–H and O–H groups in total. The molecule has 1 fully saturated rings. The third kappa shape index (κ3) is 2.10. The zero-order chi connectivity index (χ0) is 12.8. The maximum Gasteiger partial charge on any atom is 0.0200 e. The van der Waals surface area contributed by atoms with Crippen molar-refractivity contribution < 1.29 is 0 Å². The molecule has 0 radical (unpaired) electrons. The van der Waals surface area contributed by atoms with Crippen LogP contribution in [-0.2, 0) is 11.8 Å². The lowest BCUT2D eigenvalue weighted by molar-refractivity contribution is 0.283. The Morgan fingerprint density at radius 3 is 2.94 bits per heavy atom. The number of hydrogen-bond acceptors (Lipinski definition) is 2. The van der Waals surface area contributed by atoms with Gasteiger partial charge in [0.15, 0.2) is 0 Å². The Labute approximate surface area is 110 Å². The van der Waals surface area contributed by atoms with Crippen molar-refractivity contribution in [3.05, 3.63) is 23.0 Å². The summed E-state index contributed by atoms with van der Waals surface area (Å²) in [6.07, 6.45) is 2.44. The molecule has 1 aromatic rings. The number of rotatable bonds is 1. The van der Waals surface area contributed by atoms with E-state index in [1.807, 2.05) is 0 Å². The van der Waals surface area contributed by atoms with Crippen molar-refractivity contribution in [1.82, 2.24) is 15.2 Å². The zero-order valence-electron chi connectivity index (χ0n) is 11.8. The number of H-pyrrole nitrogens is 1. The summed E-state index contributed by atoms with van der Waals surface area (Å²) >= 11 is 0. The zero-order valence-corrected chi connectivity index (χ0v) is 11.8. The van der Waals surface area contributed by atoms with Crippen molar-refractivity contribution in [2.24, 2.45) is 0 Å². The van der Waals surface area contributed by atoms with Crippen molar-refractivity contribution in [2.45, 2.75) is 38.0 Å². The number of fused-ring (bicyclic) bond motifs is 1. The summed E-state index contributed by atoms with van der Waals surface area (Å²) in [5, 5.41) is 3.46. The Morgan fingerprint density at radius 2 is 2.22 bits per heavy atom. The molecule has 3 rings (SSSR count). The average molecular weight is 247 g/mol. The summed E-state index contributed by atoms with van der Waals surface area (Å²) in [5.74, 6) is 0.699. The Bertz CT molecular complexity index is 427. The first kappa shape index (κ1) is 12.2. The van der Waals surface area contributed by atoms with Crippen LogP contribution in [-0.4, -0.2) is 43.1 Å². The number of aromatic nitrogens is 1. The Kier molecular flexibility index (Phi) is 2.99. The molecule has 0 amide bonds. The van der Waals surface area contributed by atoms with Gasteiger partial charge < -0.3 is 15.2 Å². The van der Waals surface area contributed by atoms with Crippen LogP contribution in [0.1, 0.15) is 43.1 Å². The maximum absolute atomic E-state index is 3.73. The second kappa shape index (κ2) is 4.39. The third-order valence-electron chi connectivity index (χ3n) is 4.56. The maximum atomic E-state index is 3.73. The molecular weight excluding hydrogens is 222 g/mol. The van der Waals surface area contributed by atoms with Crippen LogP contribution >= 0.6 is 0 Å². The van der Waals surface area contributed by atoms with Crippen LogP contribution in [0, 0.1) is 0 Å². The van der Waals surface area contributed by atoms with E-state index >= 15 is 0 Å². The van der Waals surface area contributed by atoms with Crippen molar-refractivity contribution in [1.29, 1.82) is 0 Å². The van der Waals surface area contributed by atoms with Crippen molar-refractivity contribution in [2.75, 3.05) is 33.2 Å². The highest BCUT2D eigenvalue weighted by Gasteiger charge is 2.31. The van der Waals surface area contributed by atoms with E-state index in [0.29, 0.717) is 5.92 Å². The van der Waals surface area contributed by atoms with E-state index in [9.17, 15) is 0 Å². The summed E-state index contributed by atoms with van der Waals surface area (Å²) in [6.45, 7) is 9.37. The third-order valence-corrected chi connectivity index (χ3v) is 4.56. The van der Waals surface area contributed by atoms with E-state index in [4.69, 9.17) is 0 Å². The molecule has 0 spiro atoms. The van der Waals surface area contributed by atoms with Crippen molar-refractivity contribution in [3.63, 3.8) is 0 Å². The highest BCUT2D eigenvalue weighted by Crippen LogP contribution is 2.34. The lowest BCUT2D eigenvalue weighted by atomic mass is 9.84. The fraction of sp³-hybridized carbons (Fsp3) is 0.733. The van der Waals surface area contributed by atoms with Gasteiger partial charge in [-0.15, -0.1) is 0 Å². The van der Waals surface area contributed by atoms with Crippen LogP contribution in [0.2, 0.25) is 0 Å².